The smallest absolute Gasteiger partial charge is 0.343 e. The maximum absolute atomic E-state index is 11.4. The summed E-state index contributed by atoms with van der Waals surface area (Å²) < 4.78 is 1.56. The molecule has 5 N–H and O–H groups in total. The molecule has 1 saturated carbocycles. The number of thioether (sulfide) groups is 1. The van der Waals surface area contributed by atoms with E-state index in [0.29, 0.717) is 24.5 Å². The van der Waals surface area contributed by atoms with Gasteiger partial charge >= 0.3 is 5.69 Å². The van der Waals surface area contributed by atoms with E-state index in [-0.39, 0.29) is 10.9 Å². The Kier molecular flexibility index (Phi) is 3.49. The van der Waals surface area contributed by atoms with E-state index in [1.807, 2.05) is 6.92 Å². The Balaban J connectivity index is 2.08. The molecular formula is C10H17N5O2S. The van der Waals surface area contributed by atoms with Gasteiger partial charge in [0.25, 0.3) is 0 Å². The lowest BCUT2D eigenvalue weighted by atomic mass is 9.99. The summed E-state index contributed by atoms with van der Waals surface area (Å²) in [5.41, 5.74) is 10.1. The molecule has 0 aromatic carbocycles. The molecule has 100 valence electrons. The first-order chi connectivity index (χ1) is 8.46. The number of hydrogen-bond donors (Lipinski definition) is 3. The van der Waals surface area contributed by atoms with Crippen molar-refractivity contribution in [3.63, 3.8) is 0 Å². The molecule has 1 heterocycles. The lowest BCUT2D eigenvalue weighted by molar-refractivity contribution is -0.122. The maximum Gasteiger partial charge on any atom is 0.343 e. The van der Waals surface area contributed by atoms with Gasteiger partial charge in [-0.1, -0.05) is 11.8 Å². The van der Waals surface area contributed by atoms with Crippen LogP contribution in [0.15, 0.2) is 9.95 Å². The van der Waals surface area contributed by atoms with Crippen LogP contribution >= 0.6 is 11.8 Å². The highest BCUT2D eigenvalue weighted by Crippen LogP contribution is 2.37. The standard InChI is InChI=1S/C10H17N5O2S/c1-2-15-8(17)13-14-9(15)18-6-3-4-10(12,5-6)7(11)16/h6H,2-5,12H2,1H3,(H2,11,16)(H,13,17). The Morgan fingerprint density at radius 2 is 2.44 bits per heavy atom. The summed E-state index contributed by atoms with van der Waals surface area (Å²) in [6, 6.07) is 0. The van der Waals surface area contributed by atoms with Crippen LogP contribution in [-0.2, 0) is 11.3 Å². The molecule has 1 aromatic rings. The molecular weight excluding hydrogens is 254 g/mol. The van der Waals surface area contributed by atoms with Gasteiger partial charge in [0.1, 0.15) is 0 Å². The van der Waals surface area contributed by atoms with Crippen LogP contribution in [0.2, 0.25) is 0 Å². The number of primary amides is 1. The molecule has 2 unspecified atom stereocenters. The third kappa shape index (κ3) is 2.30. The van der Waals surface area contributed by atoms with Gasteiger partial charge in [-0.3, -0.25) is 9.36 Å². The largest absolute Gasteiger partial charge is 0.368 e. The van der Waals surface area contributed by atoms with Crippen LogP contribution < -0.4 is 17.2 Å². The zero-order valence-corrected chi connectivity index (χ0v) is 11.0. The minimum Gasteiger partial charge on any atom is -0.368 e. The van der Waals surface area contributed by atoms with E-state index in [9.17, 15) is 9.59 Å². The van der Waals surface area contributed by atoms with E-state index >= 15 is 0 Å². The van der Waals surface area contributed by atoms with Gasteiger partial charge in [-0.2, -0.15) is 0 Å². The SMILES string of the molecule is CCn1c(SC2CCC(N)(C(N)=O)C2)n[nH]c1=O. The molecule has 0 bridgehead atoms. The zero-order valence-electron chi connectivity index (χ0n) is 10.2. The molecule has 1 aliphatic rings. The van der Waals surface area contributed by atoms with E-state index in [2.05, 4.69) is 10.2 Å². The zero-order chi connectivity index (χ0) is 13.3. The van der Waals surface area contributed by atoms with Crippen LogP contribution in [0.4, 0.5) is 0 Å². The highest BCUT2D eigenvalue weighted by molar-refractivity contribution is 7.99. The van der Waals surface area contributed by atoms with Gasteiger partial charge in [-0.25, -0.2) is 9.89 Å². The predicted octanol–water partition coefficient (Wildman–Crippen LogP) is -0.581. The van der Waals surface area contributed by atoms with Crippen molar-refractivity contribution in [2.75, 3.05) is 0 Å². The van der Waals surface area contributed by atoms with Crippen molar-refractivity contribution in [3.05, 3.63) is 10.5 Å². The summed E-state index contributed by atoms with van der Waals surface area (Å²) in [5.74, 6) is -0.458. The molecule has 0 aliphatic heterocycles. The van der Waals surface area contributed by atoms with Crippen LogP contribution in [0.3, 0.4) is 0 Å². The number of carbonyl (C=O) groups is 1. The van der Waals surface area contributed by atoms with Crippen molar-refractivity contribution in [3.8, 4) is 0 Å². The molecule has 1 amide bonds. The monoisotopic (exact) mass is 271 g/mol. The maximum atomic E-state index is 11.4. The summed E-state index contributed by atoms with van der Waals surface area (Å²) >= 11 is 1.48. The van der Waals surface area contributed by atoms with Crippen LogP contribution in [0, 0.1) is 0 Å². The van der Waals surface area contributed by atoms with Crippen molar-refractivity contribution in [1.82, 2.24) is 14.8 Å². The molecule has 7 nitrogen and oxygen atoms in total. The molecule has 8 heteroatoms. The average Bonchev–Trinajstić information content (AvgIpc) is 2.85. The third-order valence-corrected chi connectivity index (χ3v) is 4.56. The van der Waals surface area contributed by atoms with E-state index in [0.717, 1.165) is 6.42 Å². The van der Waals surface area contributed by atoms with Gasteiger partial charge in [0.05, 0.1) is 5.54 Å². The Morgan fingerprint density at radius 3 is 3.00 bits per heavy atom. The summed E-state index contributed by atoms with van der Waals surface area (Å²) in [4.78, 5) is 22.7. The van der Waals surface area contributed by atoms with Gasteiger partial charge in [0.2, 0.25) is 5.91 Å². The predicted molar refractivity (Wildman–Crippen MR) is 68.1 cm³/mol. The van der Waals surface area contributed by atoms with Crippen molar-refractivity contribution in [2.24, 2.45) is 11.5 Å². The van der Waals surface area contributed by atoms with Crippen molar-refractivity contribution < 1.29 is 4.79 Å². The summed E-state index contributed by atoms with van der Waals surface area (Å²) in [6.45, 7) is 2.44. The number of nitrogens with one attached hydrogen (secondary N) is 1. The molecule has 2 rings (SSSR count). The number of carbonyl (C=O) groups excluding carboxylic acids is 1. The molecule has 1 fully saturated rings. The number of aromatic amines is 1. The average molecular weight is 271 g/mol. The molecule has 1 aliphatic carbocycles. The molecule has 0 saturated heterocycles. The normalized spacial score (nSPS) is 27.6. The quantitative estimate of drug-likeness (QED) is 0.676. The van der Waals surface area contributed by atoms with E-state index in [4.69, 9.17) is 11.5 Å². The Morgan fingerprint density at radius 1 is 1.72 bits per heavy atom. The Bertz CT molecular complexity index is 511. The number of hydrogen-bond acceptors (Lipinski definition) is 5. The van der Waals surface area contributed by atoms with Crippen LogP contribution in [0.5, 0.6) is 0 Å². The first kappa shape index (κ1) is 13.2. The van der Waals surface area contributed by atoms with Gasteiger partial charge in [-0.05, 0) is 26.2 Å². The minimum atomic E-state index is -0.911. The second-order valence-electron chi connectivity index (χ2n) is 4.56. The topological polar surface area (TPSA) is 120 Å². The van der Waals surface area contributed by atoms with Gasteiger partial charge in [0, 0.05) is 11.8 Å². The van der Waals surface area contributed by atoms with E-state index < -0.39 is 11.4 Å². The summed E-state index contributed by atoms with van der Waals surface area (Å²) in [5, 5.41) is 7.20. The summed E-state index contributed by atoms with van der Waals surface area (Å²) in [7, 11) is 0. The first-order valence-corrected chi connectivity index (χ1v) is 6.75. The van der Waals surface area contributed by atoms with E-state index in [1.165, 1.54) is 11.8 Å². The number of nitrogens with zero attached hydrogens (tertiary/aromatic N) is 2. The molecule has 18 heavy (non-hydrogen) atoms. The molecule has 0 radical (unpaired) electrons. The van der Waals surface area contributed by atoms with Crippen LogP contribution in [0.25, 0.3) is 0 Å². The lowest BCUT2D eigenvalue weighted by Crippen LogP contribution is -2.50. The Hall–Kier alpha value is -1.28. The fourth-order valence-electron chi connectivity index (χ4n) is 2.17. The number of nitrogens with two attached hydrogens (primary N) is 2. The highest BCUT2D eigenvalue weighted by Gasteiger charge is 2.41. The lowest BCUT2D eigenvalue weighted by Gasteiger charge is -2.19. The number of amides is 1. The minimum absolute atomic E-state index is 0.169. The summed E-state index contributed by atoms with van der Waals surface area (Å²) in [6.07, 6.45) is 1.91. The number of aromatic nitrogens is 3. The van der Waals surface area contributed by atoms with Gasteiger partial charge in [0.15, 0.2) is 5.16 Å². The van der Waals surface area contributed by atoms with Gasteiger partial charge in [-0.15, -0.1) is 5.10 Å². The molecule has 1 aromatic heterocycles. The first-order valence-electron chi connectivity index (χ1n) is 5.87. The second kappa shape index (κ2) is 4.77. The third-order valence-electron chi connectivity index (χ3n) is 3.31. The van der Waals surface area contributed by atoms with Crippen molar-refractivity contribution in [2.45, 2.75) is 48.7 Å². The van der Waals surface area contributed by atoms with Crippen LogP contribution in [0.1, 0.15) is 26.2 Å². The van der Waals surface area contributed by atoms with Crippen LogP contribution in [-0.4, -0.2) is 31.5 Å². The highest BCUT2D eigenvalue weighted by atomic mass is 32.2. The van der Waals surface area contributed by atoms with Crippen molar-refractivity contribution in [1.29, 1.82) is 0 Å². The molecule has 2 atom stereocenters. The van der Waals surface area contributed by atoms with Crippen molar-refractivity contribution >= 4 is 17.7 Å². The second-order valence-corrected chi connectivity index (χ2v) is 5.83. The van der Waals surface area contributed by atoms with E-state index in [1.54, 1.807) is 4.57 Å². The fourth-order valence-corrected chi connectivity index (χ4v) is 3.53. The molecule has 0 spiro atoms. The fraction of sp³-hybridized carbons (Fsp3) is 0.700. The Labute approximate surface area is 108 Å². The van der Waals surface area contributed by atoms with Gasteiger partial charge < -0.3 is 11.5 Å². The number of H-pyrrole nitrogens is 1. The number of rotatable bonds is 4.